The number of halogens is 1. The van der Waals surface area contributed by atoms with Crippen molar-refractivity contribution in [2.45, 2.75) is 19.4 Å². The lowest BCUT2D eigenvalue weighted by Gasteiger charge is -2.10. The highest BCUT2D eigenvalue weighted by atomic mass is 19.1. The van der Waals surface area contributed by atoms with Gasteiger partial charge in [-0.1, -0.05) is 23.4 Å². The van der Waals surface area contributed by atoms with Crippen LogP contribution < -0.4 is 5.32 Å². The van der Waals surface area contributed by atoms with Crippen molar-refractivity contribution in [2.24, 2.45) is 0 Å². The number of hydrogen-bond donors (Lipinski definition) is 2. The zero-order valence-corrected chi connectivity index (χ0v) is 11.9. The first-order valence-corrected chi connectivity index (χ1v) is 6.57. The van der Waals surface area contributed by atoms with Gasteiger partial charge in [0.2, 0.25) is 5.91 Å². The number of carboxylic acids is 1. The molecule has 0 radical (unpaired) electrons. The van der Waals surface area contributed by atoms with Gasteiger partial charge in [0.05, 0.1) is 23.5 Å². The summed E-state index contributed by atoms with van der Waals surface area (Å²) in [6.07, 6.45) is -0.164. The molecule has 0 saturated carbocycles. The Balaban J connectivity index is 2.10. The van der Waals surface area contributed by atoms with Crippen LogP contribution in [0.5, 0.6) is 0 Å². The zero-order chi connectivity index (χ0) is 16.1. The largest absolute Gasteiger partial charge is 0.480 e. The van der Waals surface area contributed by atoms with Gasteiger partial charge < -0.3 is 10.4 Å². The highest BCUT2D eigenvalue weighted by Crippen LogP contribution is 2.12. The quantitative estimate of drug-likeness (QED) is 0.817. The molecule has 0 aliphatic rings. The minimum absolute atomic E-state index is 0.164. The van der Waals surface area contributed by atoms with Crippen LogP contribution in [0.2, 0.25) is 0 Å². The first-order chi connectivity index (χ1) is 10.5. The van der Waals surface area contributed by atoms with E-state index >= 15 is 0 Å². The summed E-state index contributed by atoms with van der Waals surface area (Å²) >= 11 is 0. The third kappa shape index (κ3) is 3.46. The van der Waals surface area contributed by atoms with Crippen LogP contribution in [0.4, 0.5) is 4.39 Å². The van der Waals surface area contributed by atoms with Gasteiger partial charge in [-0.3, -0.25) is 4.79 Å². The molecule has 0 spiro atoms. The number of aliphatic carboxylic acids is 1. The lowest BCUT2D eigenvalue weighted by atomic mass is 10.2. The van der Waals surface area contributed by atoms with Gasteiger partial charge in [0.1, 0.15) is 6.67 Å². The van der Waals surface area contributed by atoms with Crippen molar-refractivity contribution in [3.8, 4) is 5.69 Å². The van der Waals surface area contributed by atoms with Gasteiger partial charge in [0.15, 0.2) is 6.04 Å². The second-order valence-corrected chi connectivity index (χ2v) is 4.66. The highest BCUT2D eigenvalue weighted by Gasteiger charge is 2.21. The second kappa shape index (κ2) is 6.79. The van der Waals surface area contributed by atoms with Crippen molar-refractivity contribution in [2.75, 3.05) is 6.67 Å². The van der Waals surface area contributed by atoms with E-state index in [2.05, 4.69) is 15.6 Å². The van der Waals surface area contributed by atoms with Gasteiger partial charge in [0, 0.05) is 0 Å². The highest BCUT2D eigenvalue weighted by molar-refractivity contribution is 5.84. The van der Waals surface area contributed by atoms with Crippen LogP contribution in [-0.2, 0) is 16.0 Å². The van der Waals surface area contributed by atoms with Crippen LogP contribution in [0, 0.1) is 6.92 Å². The van der Waals surface area contributed by atoms with Crippen LogP contribution in [0.3, 0.4) is 0 Å². The number of nitrogens with zero attached hydrogens (tertiary/aromatic N) is 3. The Kier molecular flexibility index (Phi) is 4.82. The molecule has 1 amide bonds. The first-order valence-electron chi connectivity index (χ1n) is 6.57. The standard InChI is InChI=1S/C14H15FN4O3/c1-9-11(7-13(20)16-12(8-15)14(21)22)17-18-19(9)10-5-3-2-4-6-10/h2-6,12H,7-8H2,1H3,(H,16,20)(H,21,22). The molecular formula is C14H15FN4O3. The van der Waals surface area contributed by atoms with E-state index in [0.29, 0.717) is 11.4 Å². The third-order valence-corrected chi connectivity index (χ3v) is 3.11. The topological polar surface area (TPSA) is 97.1 Å². The van der Waals surface area contributed by atoms with E-state index < -0.39 is 24.6 Å². The molecule has 116 valence electrons. The Labute approximate surface area is 125 Å². The van der Waals surface area contributed by atoms with Crippen molar-refractivity contribution in [1.82, 2.24) is 20.3 Å². The molecule has 1 aromatic heterocycles. The maximum absolute atomic E-state index is 12.5. The van der Waals surface area contributed by atoms with Gasteiger partial charge in [-0.2, -0.15) is 0 Å². The van der Waals surface area contributed by atoms with E-state index in [1.54, 1.807) is 11.6 Å². The fourth-order valence-corrected chi connectivity index (χ4v) is 1.90. The van der Waals surface area contributed by atoms with Crippen molar-refractivity contribution in [3.05, 3.63) is 41.7 Å². The van der Waals surface area contributed by atoms with Crippen LogP contribution in [-0.4, -0.2) is 44.7 Å². The Morgan fingerprint density at radius 2 is 2.05 bits per heavy atom. The van der Waals surface area contributed by atoms with E-state index in [0.717, 1.165) is 5.69 Å². The van der Waals surface area contributed by atoms with Crippen molar-refractivity contribution < 1.29 is 19.1 Å². The Morgan fingerprint density at radius 3 is 2.64 bits per heavy atom. The molecule has 0 aliphatic carbocycles. The van der Waals surface area contributed by atoms with E-state index in [4.69, 9.17) is 5.11 Å². The normalized spacial score (nSPS) is 11.9. The van der Waals surface area contributed by atoms with Crippen LogP contribution in [0.25, 0.3) is 5.69 Å². The van der Waals surface area contributed by atoms with E-state index in [9.17, 15) is 14.0 Å². The molecule has 1 unspecified atom stereocenters. The van der Waals surface area contributed by atoms with Gasteiger partial charge in [-0.15, -0.1) is 5.10 Å². The molecule has 0 aliphatic heterocycles. The summed E-state index contributed by atoms with van der Waals surface area (Å²) in [5.41, 5.74) is 1.86. The summed E-state index contributed by atoms with van der Waals surface area (Å²) in [6.45, 7) is 0.580. The molecule has 2 rings (SSSR count). The third-order valence-electron chi connectivity index (χ3n) is 3.11. The molecule has 8 heteroatoms. The summed E-state index contributed by atoms with van der Waals surface area (Å²) in [5, 5.41) is 18.7. The summed E-state index contributed by atoms with van der Waals surface area (Å²) in [7, 11) is 0. The van der Waals surface area contributed by atoms with Crippen LogP contribution in [0.1, 0.15) is 11.4 Å². The van der Waals surface area contributed by atoms with Crippen LogP contribution in [0.15, 0.2) is 30.3 Å². The lowest BCUT2D eigenvalue weighted by molar-refractivity contribution is -0.142. The SMILES string of the molecule is Cc1c(CC(=O)NC(CF)C(=O)O)nnn1-c1ccccc1. The fraction of sp³-hybridized carbons (Fsp3) is 0.286. The minimum atomic E-state index is -1.54. The van der Waals surface area contributed by atoms with Crippen molar-refractivity contribution in [1.29, 1.82) is 0 Å². The molecule has 1 aromatic carbocycles. The number of carboxylic acid groups (broad SMARTS) is 1. The number of benzene rings is 1. The Bertz CT molecular complexity index is 672. The summed E-state index contributed by atoms with van der Waals surface area (Å²) < 4.78 is 14.1. The molecule has 2 N–H and O–H groups in total. The molecule has 22 heavy (non-hydrogen) atoms. The number of alkyl halides is 1. The summed E-state index contributed by atoms with van der Waals surface area (Å²) in [5.74, 6) is -2.03. The predicted molar refractivity (Wildman–Crippen MR) is 75.3 cm³/mol. The minimum Gasteiger partial charge on any atom is -0.480 e. The van der Waals surface area contributed by atoms with Crippen LogP contribution >= 0.6 is 0 Å². The number of aromatic nitrogens is 3. The van der Waals surface area contributed by atoms with Gasteiger partial charge in [0.25, 0.3) is 0 Å². The first kappa shape index (κ1) is 15.6. The zero-order valence-electron chi connectivity index (χ0n) is 11.9. The van der Waals surface area contributed by atoms with Gasteiger partial charge >= 0.3 is 5.97 Å². The molecule has 7 nitrogen and oxygen atoms in total. The second-order valence-electron chi connectivity index (χ2n) is 4.66. The smallest absolute Gasteiger partial charge is 0.328 e. The maximum Gasteiger partial charge on any atom is 0.328 e. The summed E-state index contributed by atoms with van der Waals surface area (Å²) in [4.78, 5) is 22.5. The van der Waals surface area contributed by atoms with Crippen molar-refractivity contribution in [3.63, 3.8) is 0 Å². The van der Waals surface area contributed by atoms with E-state index in [1.165, 1.54) is 0 Å². The molecule has 0 fully saturated rings. The Morgan fingerprint density at radius 1 is 1.36 bits per heavy atom. The molecule has 0 bridgehead atoms. The Hall–Kier alpha value is -2.77. The fourth-order valence-electron chi connectivity index (χ4n) is 1.90. The monoisotopic (exact) mass is 306 g/mol. The number of carbonyl (C=O) groups excluding carboxylic acids is 1. The molecule has 1 atom stereocenters. The van der Waals surface area contributed by atoms with Crippen molar-refractivity contribution >= 4 is 11.9 Å². The average molecular weight is 306 g/mol. The van der Waals surface area contributed by atoms with E-state index in [-0.39, 0.29) is 6.42 Å². The number of para-hydroxylation sites is 1. The van der Waals surface area contributed by atoms with Gasteiger partial charge in [-0.05, 0) is 19.1 Å². The molecule has 2 aromatic rings. The lowest BCUT2D eigenvalue weighted by Crippen LogP contribution is -2.43. The molecular weight excluding hydrogens is 291 g/mol. The number of amides is 1. The van der Waals surface area contributed by atoms with Gasteiger partial charge in [-0.25, -0.2) is 13.9 Å². The number of nitrogens with one attached hydrogen (secondary N) is 1. The number of carbonyl (C=O) groups is 2. The summed E-state index contributed by atoms with van der Waals surface area (Å²) in [6, 6.07) is 7.71. The maximum atomic E-state index is 12.5. The predicted octanol–water partition coefficient (Wildman–Crippen LogP) is 0.657. The van der Waals surface area contributed by atoms with E-state index in [1.807, 2.05) is 30.3 Å². The molecule has 1 heterocycles. The number of rotatable bonds is 6. The average Bonchev–Trinajstić information content (AvgIpc) is 2.86. The number of hydrogen-bond acceptors (Lipinski definition) is 4. The molecule has 0 saturated heterocycles.